The molecule has 1 aliphatic heterocycles. The molecule has 1 unspecified atom stereocenters. The number of methoxy groups -OCH3 is 1. The molecule has 0 bridgehead atoms. The first kappa shape index (κ1) is 24.9. The number of amides is 4. The predicted molar refractivity (Wildman–Crippen MR) is 127 cm³/mol. The van der Waals surface area contributed by atoms with E-state index in [0.717, 1.165) is 21.0 Å². The zero-order valence-corrected chi connectivity index (χ0v) is 20.1. The normalized spacial score (nSPS) is 15.9. The number of carbonyl (C=O) groups is 3. The molecule has 3 rings (SSSR count). The van der Waals surface area contributed by atoms with E-state index in [1.807, 2.05) is 11.4 Å². The maximum Gasteiger partial charge on any atom is 0.347 e. The molecule has 10 nitrogen and oxygen atoms in total. The Balaban J connectivity index is 1.90. The quantitative estimate of drug-likeness (QED) is 0.585. The van der Waals surface area contributed by atoms with Crippen LogP contribution < -0.4 is 19.7 Å². The maximum atomic E-state index is 13.6. The van der Waals surface area contributed by atoms with Gasteiger partial charge in [-0.2, -0.15) is 0 Å². The van der Waals surface area contributed by atoms with E-state index in [9.17, 15) is 22.8 Å². The van der Waals surface area contributed by atoms with Crippen molar-refractivity contribution in [2.75, 3.05) is 18.0 Å². The molecule has 0 aliphatic carbocycles. The van der Waals surface area contributed by atoms with Crippen LogP contribution in [0.2, 0.25) is 0 Å². The molecular formula is C23H26N4O6S. The molecule has 1 aliphatic rings. The molecular weight excluding hydrogens is 460 g/mol. The molecule has 2 aromatic rings. The van der Waals surface area contributed by atoms with E-state index >= 15 is 0 Å². The van der Waals surface area contributed by atoms with E-state index in [-0.39, 0.29) is 17.9 Å². The van der Waals surface area contributed by atoms with Crippen molar-refractivity contribution >= 4 is 39.3 Å². The average molecular weight is 487 g/mol. The summed E-state index contributed by atoms with van der Waals surface area (Å²) < 4.78 is 33.2. The van der Waals surface area contributed by atoms with Crippen molar-refractivity contribution in [1.82, 2.24) is 10.6 Å². The Bertz CT molecular complexity index is 1230. The number of anilines is 1. The lowest BCUT2D eigenvalue weighted by Crippen LogP contribution is -2.55. The fourth-order valence-electron chi connectivity index (χ4n) is 3.64. The fraction of sp³-hybridized carbons (Fsp3) is 0.304. The van der Waals surface area contributed by atoms with Crippen LogP contribution in [0.5, 0.6) is 5.75 Å². The molecule has 0 saturated carbocycles. The summed E-state index contributed by atoms with van der Waals surface area (Å²) in [6.45, 7) is 4.49. The van der Waals surface area contributed by atoms with Gasteiger partial charge in [0.1, 0.15) is 12.3 Å². The zero-order chi connectivity index (χ0) is 25.0. The van der Waals surface area contributed by atoms with Crippen molar-refractivity contribution in [1.29, 1.82) is 0 Å². The lowest BCUT2D eigenvalue weighted by Gasteiger charge is -2.29. The number of ether oxygens (including phenoxy) is 1. The smallest absolute Gasteiger partial charge is 0.347 e. The van der Waals surface area contributed by atoms with Crippen LogP contribution in [-0.2, 0) is 26.2 Å². The van der Waals surface area contributed by atoms with Gasteiger partial charge in [-0.3, -0.25) is 19.2 Å². The monoisotopic (exact) mass is 486 g/mol. The first-order valence-corrected chi connectivity index (χ1v) is 11.9. The van der Waals surface area contributed by atoms with Crippen LogP contribution in [0.4, 0.5) is 10.5 Å². The second kappa shape index (κ2) is 10.0. The molecule has 180 valence electrons. The third kappa shape index (κ3) is 5.60. The minimum Gasteiger partial charge on any atom is -0.497 e. The number of urea groups is 1. The minimum atomic E-state index is -4.46. The van der Waals surface area contributed by atoms with Gasteiger partial charge in [-0.1, -0.05) is 18.2 Å². The van der Waals surface area contributed by atoms with Crippen molar-refractivity contribution < 1.29 is 27.5 Å². The van der Waals surface area contributed by atoms with Crippen LogP contribution in [-0.4, -0.2) is 50.9 Å². The molecule has 2 N–H and O–H groups in total. The molecule has 0 spiro atoms. The maximum absolute atomic E-state index is 13.6. The lowest BCUT2D eigenvalue weighted by atomic mass is 10.1. The van der Waals surface area contributed by atoms with E-state index in [1.165, 1.54) is 6.92 Å². The van der Waals surface area contributed by atoms with Gasteiger partial charge in [-0.25, -0.2) is 18.2 Å². The SMILES string of the molecule is COc1ccc(CNC(=O)CN(c2cc(C)cc(C)c2)S(=O)(=O)C2C(=O)NC(=O)N=C2C)cc1. The highest BCUT2D eigenvalue weighted by Gasteiger charge is 2.43. The summed E-state index contributed by atoms with van der Waals surface area (Å²) in [6, 6.07) is 11.2. The van der Waals surface area contributed by atoms with Crippen molar-refractivity contribution in [2.24, 2.45) is 4.99 Å². The Kier molecular flexibility index (Phi) is 7.35. The molecule has 0 fully saturated rings. The Morgan fingerprint density at radius 2 is 1.71 bits per heavy atom. The third-order valence-corrected chi connectivity index (χ3v) is 7.27. The number of rotatable bonds is 8. The van der Waals surface area contributed by atoms with Crippen molar-refractivity contribution in [2.45, 2.75) is 32.6 Å². The highest BCUT2D eigenvalue weighted by atomic mass is 32.2. The van der Waals surface area contributed by atoms with Crippen LogP contribution in [0, 0.1) is 13.8 Å². The summed E-state index contributed by atoms with van der Waals surface area (Å²) in [5.74, 6) is -0.908. The first-order valence-electron chi connectivity index (χ1n) is 10.4. The van der Waals surface area contributed by atoms with Gasteiger partial charge in [-0.15, -0.1) is 0 Å². The number of hydrogen-bond acceptors (Lipinski definition) is 6. The van der Waals surface area contributed by atoms with Gasteiger partial charge in [0, 0.05) is 6.54 Å². The molecule has 0 radical (unpaired) electrons. The minimum absolute atomic E-state index is 0.165. The van der Waals surface area contributed by atoms with Gasteiger partial charge in [0.05, 0.1) is 18.5 Å². The predicted octanol–water partition coefficient (Wildman–Crippen LogP) is 1.84. The topological polar surface area (TPSA) is 134 Å². The van der Waals surface area contributed by atoms with Crippen LogP contribution >= 0.6 is 0 Å². The number of nitrogens with zero attached hydrogens (tertiary/aromatic N) is 2. The summed E-state index contributed by atoms with van der Waals surface area (Å²) in [6.07, 6.45) is 0. The Morgan fingerprint density at radius 3 is 2.26 bits per heavy atom. The van der Waals surface area contributed by atoms with Crippen LogP contribution in [0.15, 0.2) is 47.5 Å². The van der Waals surface area contributed by atoms with Crippen molar-refractivity contribution in [3.63, 3.8) is 0 Å². The van der Waals surface area contributed by atoms with Gasteiger partial charge >= 0.3 is 6.03 Å². The number of aryl methyl sites for hydroxylation is 2. The van der Waals surface area contributed by atoms with Gasteiger partial charge in [0.15, 0.2) is 5.25 Å². The number of nitrogens with one attached hydrogen (secondary N) is 2. The summed E-state index contributed by atoms with van der Waals surface area (Å²) in [4.78, 5) is 40.4. The van der Waals surface area contributed by atoms with Crippen LogP contribution in [0.25, 0.3) is 0 Å². The van der Waals surface area contributed by atoms with Crippen molar-refractivity contribution in [3.8, 4) is 5.75 Å². The van der Waals surface area contributed by atoms with Crippen LogP contribution in [0.3, 0.4) is 0 Å². The lowest BCUT2D eigenvalue weighted by molar-refractivity contribution is -0.120. The van der Waals surface area contributed by atoms with E-state index < -0.39 is 39.7 Å². The fourth-order valence-corrected chi connectivity index (χ4v) is 5.40. The summed E-state index contributed by atoms with van der Waals surface area (Å²) in [7, 11) is -2.91. The Morgan fingerprint density at radius 1 is 1.09 bits per heavy atom. The summed E-state index contributed by atoms with van der Waals surface area (Å²) >= 11 is 0. The third-order valence-electron chi connectivity index (χ3n) is 5.16. The molecule has 34 heavy (non-hydrogen) atoms. The number of carbonyl (C=O) groups excluding carboxylic acids is 3. The van der Waals surface area contributed by atoms with Crippen LogP contribution in [0.1, 0.15) is 23.6 Å². The molecule has 0 aromatic heterocycles. The summed E-state index contributed by atoms with van der Waals surface area (Å²) in [5.41, 5.74) is 2.42. The molecule has 1 heterocycles. The van der Waals surface area contributed by atoms with E-state index in [1.54, 1.807) is 57.4 Å². The average Bonchev–Trinajstić information content (AvgIpc) is 2.74. The number of aliphatic imine (C=N–C) groups is 1. The number of hydrogen-bond donors (Lipinski definition) is 2. The second-order valence-electron chi connectivity index (χ2n) is 7.95. The number of imide groups is 1. The van der Waals surface area contributed by atoms with E-state index in [0.29, 0.717) is 5.75 Å². The van der Waals surface area contributed by atoms with Gasteiger partial charge in [0.25, 0.3) is 15.9 Å². The first-order chi connectivity index (χ1) is 16.0. The van der Waals surface area contributed by atoms with E-state index in [4.69, 9.17) is 4.74 Å². The Hall–Kier alpha value is -3.73. The molecule has 1 atom stereocenters. The van der Waals surface area contributed by atoms with Gasteiger partial charge in [-0.05, 0) is 61.7 Å². The number of sulfonamides is 1. The standard InChI is InChI=1S/C23H26N4O6S/c1-14-9-15(2)11-18(10-14)27(34(31,32)21-16(3)25-23(30)26-22(21)29)13-20(28)24-12-17-5-7-19(33-4)8-6-17/h5-11,21H,12-13H2,1-4H3,(H,24,28)(H,26,29,30). The highest BCUT2D eigenvalue weighted by Crippen LogP contribution is 2.25. The molecule has 2 aromatic carbocycles. The van der Waals surface area contributed by atoms with Gasteiger partial charge < -0.3 is 10.1 Å². The molecule has 4 amide bonds. The molecule has 0 saturated heterocycles. The zero-order valence-electron chi connectivity index (χ0n) is 19.3. The number of benzene rings is 2. The van der Waals surface area contributed by atoms with Crippen molar-refractivity contribution in [3.05, 3.63) is 59.2 Å². The summed E-state index contributed by atoms with van der Waals surface area (Å²) in [5, 5.41) is 2.89. The highest BCUT2D eigenvalue weighted by molar-refractivity contribution is 7.95. The second-order valence-corrected chi connectivity index (χ2v) is 9.89. The largest absolute Gasteiger partial charge is 0.497 e. The molecule has 11 heteroatoms. The Labute approximate surface area is 198 Å². The van der Waals surface area contributed by atoms with E-state index in [2.05, 4.69) is 10.3 Å². The van der Waals surface area contributed by atoms with Gasteiger partial charge in [0.2, 0.25) is 5.91 Å².